The van der Waals surface area contributed by atoms with Crippen LogP contribution in [0.5, 0.6) is 0 Å². The zero-order valence-corrected chi connectivity index (χ0v) is 9.47. The average Bonchev–Trinajstić information content (AvgIpc) is 2.53. The Kier molecular flexibility index (Phi) is 4.34. The van der Waals surface area contributed by atoms with Crippen LogP contribution in [0, 0.1) is 0 Å². The molecule has 4 heteroatoms. The van der Waals surface area contributed by atoms with Gasteiger partial charge in [0.1, 0.15) is 0 Å². The highest BCUT2D eigenvalue weighted by Crippen LogP contribution is 2.27. The van der Waals surface area contributed by atoms with Gasteiger partial charge in [-0.2, -0.15) is 5.10 Å². The number of hydrazone groups is 1. The molecule has 4 nitrogen and oxygen atoms in total. The van der Waals surface area contributed by atoms with Crippen LogP contribution in [-0.4, -0.2) is 11.7 Å². The molecule has 0 aromatic rings. The van der Waals surface area contributed by atoms with Crippen molar-refractivity contribution in [3.05, 3.63) is 11.1 Å². The quantitative estimate of drug-likeness (QED) is 0.685. The average molecular weight is 209 g/mol. The highest BCUT2D eigenvalue weighted by molar-refractivity contribution is 6.03. The van der Waals surface area contributed by atoms with Crippen LogP contribution in [0.1, 0.15) is 46.0 Å². The Labute approximate surface area is 90.6 Å². The molecule has 0 saturated heterocycles. The Balaban J connectivity index is 2.65. The second-order valence-electron chi connectivity index (χ2n) is 3.90. The lowest BCUT2D eigenvalue weighted by Crippen LogP contribution is -2.25. The molecular formula is C11H19N3O. The van der Waals surface area contributed by atoms with Crippen molar-refractivity contribution in [3.8, 4) is 0 Å². The molecule has 0 aromatic heterocycles. The number of unbranched alkanes of at least 4 members (excludes halogenated alkanes) is 1. The molecule has 0 heterocycles. The second kappa shape index (κ2) is 5.53. The predicted molar refractivity (Wildman–Crippen MR) is 61.6 cm³/mol. The fraction of sp³-hybridized carbons (Fsp3) is 0.636. The van der Waals surface area contributed by atoms with Gasteiger partial charge in [0.15, 0.2) is 0 Å². The molecular weight excluding hydrogens is 190 g/mol. The summed E-state index contributed by atoms with van der Waals surface area (Å²) in [5, 5.41) is 4.04. The van der Waals surface area contributed by atoms with Gasteiger partial charge in [0.2, 0.25) is 0 Å². The van der Waals surface area contributed by atoms with E-state index in [0.29, 0.717) is 0 Å². The molecule has 0 atom stereocenters. The van der Waals surface area contributed by atoms with Crippen LogP contribution in [0.3, 0.4) is 0 Å². The molecule has 0 spiro atoms. The molecule has 0 saturated carbocycles. The Hall–Kier alpha value is -1.32. The van der Waals surface area contributed by atoms with E-state index in [1.807, 2.05) is 0 Å². The number of hydrogen-bond acceptors (Lipinski definition) is 2. The van der Waals surface area contributed by atoms with E-state index in [1.54, 1.807) is 0 Å². The van der Waals surface area contributed by atoms with Crippen LogP contribution < -0.4 is 11.2 Å². The van der Waals surface area contributed by atoms with Crippen molar-refractivity contribution >= 4 is 11.7 Å². The van der Waals surface area contributed by atoms with E-state index in [2.05, 4.69) is 24.4 Å². The molecule has 0 aliphatic heterocycles. The zero-order valence-electron chi connectivity index (χ0n) is 9.47. The SMILES string of the molecule is CCCCC1=C(C)CC/C1=N/NC(N)=O. The summed E-state index contributed by atoms with van der Waals surface area (Å²) in [6.45, 7) is 4.31. The highest BCUT2D eigenvalue weighted by atomic mass is 16.2. The molecule has 1 rings (SSSR count). The first-order valence-electron chi connectivity index (χ1n) is 5.46. The highest BCUT2D eigenvalue weighted by Gasteiger charge is 2.17. The van der Waals surface area contributed by atoms with Crippen molar-refractivity contribution in [3.63, 3.8) is 0 Å². The zero-order chi connectivity index (χ0) is 11.3. The van der Waals surface area contributed by atoms with E-state index >= 15 is 0 Å². The maximum Gasteiger partial charge on any atom is 0.332 e. The first-order valence-corrected chi connectivity index (χ1v) is 5.46. The largest absolute Gasteiger partial charge is 0.350 e. The summed E-state index contributed by atoms with van der Waals surface area (Å²) in [6, 6.07) is -0.595. The lowest BCUT2D eigenvalue weighted by Gasteiger charge is -2.05. The molecule has 0 bridgehead atoms. The molecule has 1 aliphatic rings. The Bertz CT molecular complexity index is 305. The third-order valence-corrected chi connectivity index (χ3v) is 2.68. The van der Waals surface area contributed by atoms with Gasteiger partial charge in [-0.25, -0.2) is 10.2 Å². The molecule has 84 valence electrons. The minimum Gasteiger partial charge on any atom is -0.350 e. The summed E-state index contributed by atoms with van der Waals surface area (Å²) in [4.78, 5) is 10.5. The number of primary amides is 1. The number of carbonyl (C=O) groups excluding carboxylic acids is 1. The number of carbonyl (C=O) groups is 1. The van der Waals surface area contributed by atoms with Crippen LogP contribution in [0.25, 0.3) is 0 Å². The number of nitrogens with one attached hydrogen (secondary N) is 1. The lowest BCUT2D eigenvalue weighted by molar-refractivity contribution is 0.249. The fourth-order valence-electron chi connectivity index (χ4n) is 1.81. The van der Waals surface area contributed by atoms with Crippen LogP contribution in [-0.2, 0) is 0 Å². The molecule has 0 fully saturated rings. The van der Waals surface area contributed by atoms with E-state index < -0.39 is 6.03 Å². The fourth-order valence-corrected chi connectivity index (χ4v) is 1.81. The Morgan fingerprint density at radius 2 is 2.27 bits per heavy atom. The van der Waals surface area contributed by atoms with E-state index in [4.69, 9.17) is 5.73 Å². The van der Waals surface area contributed by atoms with Crippen molar-refractivity contribution in [1.82, 2.24) is 5.43 Å². The summed E-state index contributed by atoms with van der Waals surface area (Å²) in [7, 11) is 0. The number of urea groups is 1. The molecule has 2 amide bonds. The van der Waals surface area contributed by atoms with Crippen LogP contribution in [0.2, 0.25) is 0 Å². The maximum atomic E-state index is 10.5. The van der Waals surface area contributed by atoms with Gasteiger partial charge in [0.25, 0.3) is 0 Å². The first-order chi connectivity index (χ1) is 7.15. The monoisotopic (exact) mass is 209 g/mol. The number of nitrogens with zero attached hydrogens (tertiary/aromatic N) is 1. The topological polar surface area (TPSA) is 67.5 Å². The van der Waals surface area contributed by atoms with Crippen molar-refractivity contribution in [2.75, 3.05) is 0 Å². The lowest BCUT2D eigenvalue weighted by atomic mass is 10.0. The van der Waals surface area contributed by atoms with Crippen LogP contribution in [0.15, 0.2) is 16.2 Å². The van der Waals surface area contributed by atoms with E-state index in [0.717, 1.165) is 25.0 Å². The molecule has 15 heavy (non-hydrogen) atoms. The van der Waals surface area contributed by atoms with E-state index in [-0.39, 0.29) is 0 Å². The third-order valence-electron chi connectivity index (χ3n) is 2.68. The summed E-state index contributed by atoms with van der Waals surface area (Å²) < 4.78 is 0. The number of allylic oxidation sites excluding steroid dienone is 2. The van der Waals surface area contributed by atoms with Gasteiger partial charge in [-0.1, -0.05) is 18.9 Å². The third kappa shape index (κ3) is 3.38. The predicted octanol–water partition coefficient (Wildman–Crippen LogP) is 2.31. The number of hydrogen-bond donors (Lipinski definition) is 2. The molecule has 3 N–H and O–H groups in total. The standard InChI is InChI=1S/C11H19N3O/c1-3-4-5-9-8(2)6-7-10(9)13-14-11(12)15/h3-7H2,1-2H3,(H3,12,14,15)/b13-10-. The molecule has 0 aromatic carbocycles. The van der Waals surface area contributed by atoms with Gasteiger partial charge < -0.3 is 5.73 Å². The van der Waals surface area contributed by atoms with Crippen molar-refractivity contribution < 1.29 is 4.79 Å². The van der Waals surface area contributed by atoms with Crippen molar-refractivity contribution in [1.29, 1.82) is 0 Å². The summed E-state index contributed by atoms with van der Waals surface area (Å²) in [6.07, 6.45) is 5.38. The minimum atomic E-state index is -0.595. The van der Waals surface area contributed by atoms with Gasteiger partial charge in [-0.05, 0) is 38.2 Å². The van der Waals surface area contributed by atoms with E-state index in [1.165, 1.54) is 24.0 Å². The normalized spacial score (nSPS) is 18.7. The maximum absolute atomic E-state index is 10.5. The molecule has 0 radical (unpaired) electrons. The van der Waals surface area contributed by atoms with E-state index in [9.17, 15) is 4.79 Å². The van der Waals surface area contributed by atoms with Crippen LogP contribution >= 0.6 is 0 Å². The van der Waals surface area contributed by atoms with Gasteiger partial charge in [-0.15, -0.1) is 0 Å². The van der Waals surface area contributed by atoms with Crippen molar-refractivity contribution in [2.45, 2.75) is 46.0 Å². The summed E-state index contributed by atoms with van der Waals surface area (Å²) in [5.41, 5.74) is 11.0. The van der Waals surface area contributed by atoms with Gasteiger partial charge in [0, 0.05) is 0 Å². The number of nitrogens with two attached hydrogens (primary N) is 1. The van der Waals surface area contributed by atoms with Crippen molar-refractivity contribution in [2.24, 2.45) is 10.8 Å². The van der Waals surface area contributed by atoms with Crippen LogP contribution in [0.4, 0.5) is 4.79 Å². The number of rotatable bonds is 4. The smallest absolute Gasteiger partial charge is 0.332 e. The van der Waals surface area contributed by atoms with Gasteiger partial charge in [0.05, 0.1) is 5.71 Å². The molecule has 0 unspecified atom stereocenters. The van der Waals surface area contributed by atoms with Gasteiger partial charge in [-0.3, -0.25) is 0 Å². The van der Waals surface area contributed by atoms with Gasteiger partial charge >= 0.3 is 6.03 Å². The summed E-state index contributed by atoms with van der Waals surface area (Å²) >= 11 is 0. The molecule has 1 aliphatic carbocycles. The number of amides is 2. The Morgan fingerprint density at radius 1 is 1.53 bits per heavy atom. The summed E-state index contributed by atoms with van der Waals surface area (Å²) in [5.74, 6) is 0. The minimum absolute atomic E-state index is 0.595. The Morgan fingerprint density at radius 3 is 2.87 bits per heavy atom. The second-order valence-corrected chi connectivity index (χ2v) is 3.90. The first kappa shape index (κ1) is 11.8.